The molecule has 1 rings (SSSR count). The molecular formula is C16H24N2O2S. The van der Waals surface area contributed by atoms with Gasteiger partial charge < -0.3 is 10.2 Å². The van der Waals surface area contributed by atoms with Gasteiger partial charge in [-0.3, -0.25) is 9.59 Å². The molecule has 0 bridgehead atoms. The second-order valence-electron chi connectivity index (χ2n) is 5.08. The van der Waals surface area contributed by atoms with Gasteiger partial charge in [0, 0.05) is 19.3 Å². The Morgan fingerprint density at radius 1 is 1.19 bits per heavy atom. The average Bonchev–Trinajstić information content (AvgIpc) is 2.47. The van der Waals surface area contributed by atoms with Crippen LogP contribution >= 0.6 is 11.8 Å². The van der Waals surface area contributed by atoms with E-state index in [2.05, 4.69) is 12.2 Å². The monoisotopic (exact) mass is 308 g/mol. The first-order valence-electron chi connectivity index (χ1n) is 7.21. The van der Waals surface area contributed by atoms with Crippen LogP contribution in [-0.4, -0.2) is 41.8 Å². The summed E-state index contributed by atoms with van der Waals surface area (Å²) in [7, 11) is 1.81. The molecule has 116 valence electrons. The minimum atomic E-state index is -0.0761. The van der Waals surface area contributed by atoms with Crippen LogP contribution in [-0.2, 0) is 9.59 Å². The Kier molecular flexibility index (Phi) is 7.90. The summed E-state index contributed by atoms with van der Waals surface area (Å²) in [5, 5.41) is 2.82. The first-order valence-corrected chi connectivity index (χ1v) is 8.36. The third kappa shape index (κ3) is 7.18. The molecular weight excluding hydrogens is 284 g/mol. The molecule has 0 aliphatic carbocycles. The third-order valence-corrected chi connectivity index (χ3v) is 3.98. The highest BCUT2D eigenvalue weighted by Crippen LogP contribution is 2.10. The zero-order valence-corrected chi connectivity index (χ0v) is 13.8. The maximum Gasteiger partial charge on any atom is 0.234 e. The number of thioether (sulfide) groups is 1. The van der Waals surface area contributed by atoms with Crippen LogP contribution in [0.3, 0.4) is 0 Å². The Balaban J connectivity index is 2.24. The van der Waals surface area contributed by atoms with Gasteiger partial charge in [0.25, 0.3) is 0 Å². The summed E-state index contributed by atoms with van der Waals surface area (Å²) in [5.74, 6) is 0.646. The van der Waals surface area contributed by atoms with Crippen molar-refractivity contribution >= 4 is 29.3 Å². The summed E-state index contributed by atoms with van der Waals surface area (Å²) in [6.07, 6.45) is 2.09. The molecule has 1 aromatic carbocycles. The van der Waals surface area contributed by atoms with Gasteiger partial charge in [0.05, 0.1) is 11.5 Å². The van der Waals surface area contributed by atoms with Gasteiger partial charge in [-0.05, 0) is 25.5 Å². The van der Waals surface area contributed by atoms with Gasteiger partial charge in [-0.25, -0.2) is 0 Å². The van der Waals surface area contributed by atoms with Crippen LogP contribution in [0.4, 0.5) is 5.69 Å². The number of anilines is 1. The van der Waals surface area contributed by atoms with Crippen LogP contribution < -0.4 is 5.32 Å². The number of benzene rings is 1. The highest BCUT2D eigenvalue weighted by molar-refractivity contribution is 8.00. The predicted molar refractivity (Wildman–Crippen MR) is 89.7 cm³/mol. The number of unbranched alkanes of at least 4 members (excludes halogenated alkanes) is 1. The Bertz CT molecular complexity index is 460. The number of carbonyl (C=O) groups is 2. The number of hydrogen-bond donors (Lipinski definition) is 1. The normalized spacial score (nSPS) is 10.2. The van der Waals surface area contributed by atoms with E-state index in [9.17, 15) is 9.59 Å². The van der Waals surface area contributed by atoms with Crippen molar-refractivity contribution in [2.24, 2.45) is 0 Å². The van der Waals surface area contributed by atoms with Gasteiger partial charge in [0.1, 0.15) is 0 Å². The number of rotatable bonds is 8. The van der Waals surface area contributed by atoms with Crippen molar-refractivity contribution in [3.63, 3.8) is 0 Å². The van der Waals surface area contributed by atoms with E-state index in [4.69, 9.17) is 0 Å². The van der Waals surface area contributed by atoms with Crippen molar-refractivity contribution in [1.29, 1.82) is 0 Å². The fourth-order valence-corrected chi connectivity index (χ4v) is 2.45. The minimum absolute atomic E-state index is 0.0761. The fraction of sp³-hybridized carbons (Fsp3) is 0.500. The maximum atomic E-state index is 11.8. The Hall–Kier alpha value is -1.49. The van der Waals surface area contributed by atoms with Gasteiger partial charge in [-0.1, -0.05) is 31.0 Å². The topological polar surface area (TPSA) is 49.4 Å². The third-order valence-electron chi connectivity index (χ3n) is 3.07. The zero-order valence-electron chi connectivity index (χ0n) is 13.0. The summed E-state index contributed by atoms with van der Waals surface area (Å²) in [6, 6.07) is 7.66. The highest BCUT2D eigenvalue weighted by atomic mass is 32.2. The summed E-state index contributed by atoms with van der Waals surface area (Å²) >= 11 is 1.35. The molecule has 0 radical (unpaired) electrons. The lowest BCUT2D eigenvalue weighted by molar-refractivity contribution is -0.127. The molecule has 1 aromatic rings. The van der Waals surface area contributed by atoms with E-state index in [-0.39, 0.29) is 11.8 Å². The number of nitrogens with zero attached hydrogens (tertiary/aromatic N) is 1. The van der Waals surface area contributed by atoms with Gasteiger partial charge in [-0.2, -0.15) is 0 Å². The fourth-order valence-electron chi connectivity index (χ4n) is 1.70. The van der Waals surface area contributed by atoms with E-state index in [1.54, 1.807) is 4.90 Å². The minimum Gasteiger partial charge on any atom is -0.345 e. The second-order valence-corrected chi connectivity index (χ2v) is 6.06. The first kappa shape index (κ1) is 17.6. The molecule has 0 aliphatic rings. The Morgan fingerprint density at radius 2 is 1.86 bits per heavy atom. The molecule has 0 heterocycles. The van der Waals surface area contributed by atoms with Crippen molar-refractivity contribution in [1.82, 2.24) is 4.90 Å². The number of hydrogen-bond acceptors (Lipinski definition) is 3. The van der Waals surface area contributed by atoms with Gasteiger partial charge in [0.15, 0.2) is 0 Å². The van der Waals surface area contributed by atoms with Crippen LogP contribution in [0.2, 0.25) is 0 Å². The average molecular weight is 308 g/mol. The van der Waals surface area contributed by atoms with Crippen molar-refractivity contribution in [2.45, 2.75) is 26.7 Å². The Labute approximate surface area is 131 Å². The smallest absolute Gasteiger partial charge is 0.234 e. The van der Waals surface area contributed by atoms with Crippen LogP contribution in [0.15, 0.2) is 24.3 Å². The first-order chi connectivity index (χ1) is 10.0. The van der Waals surface area contributed by atoms with Crippen molar-refractivity contribution in [3.8, 4) is 0 Å². The van der Waals surface area contributed by atoms with Crippen molar-refractivity contribution < 1.29 is 9.59 Å². The van der Waals surface area contributed by atoms with Crippen molar-refractivity contribution in [2.75, 3.05) is 30.4 Å². The second kappa shape index (κ2) is 9.45. The van der Waals surface area contributed by atoms with Gasteiger partial charge in [-0.15, -0.1) is 11.8 Å². The van der Waals surface area contributed by atoms with Crippen molar-refractivity contribution in [3.05, 3.63) is 29.8 Å². The molecule has 0 aromatic heterocycles. The highest BCUT2D eigenvalue weighted by Gasteiger charge is 2.09. The molecule has 0 fully saturated rings. The van der Waals surface area contributed by atoms with Crippen LogP contribution in [0.5, 0.6) is 0 Å². The largest absolute Gasteiger partial charge is 0.345 e. The number of aryl methyl sites for hydroxylation is 1. The molecule has 0 saturated heterocycles. The molecule has 0 atom stereocenters. The molecule has 0 spiro atoms. The maximum absolute atomic E-state index is 11.8. The van der Waals surface area contributed by atoms with E-state index >= 15 is 0 Å². The Morgan fingerprint density at radius 3 is 2.48 bits per heavy atom. The SMILES string of the molecule is CCCCN(C)C(=O)CSCC(=O)Nc1ccc(C)cc1. The van der Waals surface area contributed by atoms with E-state index in [0.29, 0.717) is 11.5 Å². The van der Waals surface area contributed by atoms with Gasteiger partial charge in [0.2, 0.25) is 11.8 Å². The molecule has 4 nitrogen and oxygen atoms in total. The number of nitrogens with one attached hydrogen (secondary N) is 1. The van der Waals surface area contributed by atoms with Crippen LogP contribution in [0.25, 0.3) is 0 Å². The standard InChI is InChI=1S/C16H24N2O2S/c1-4-5-10-18(3)16(20)12-21-11-15(19)17-14-8-6-13(2)7-9-14/h6-9H,4-5,10-12H2,1-3H3,(H,17,19). The summed E-state index contributed by atoms with van der Waals surface area (Å²) in [5.41, 5.74) is 1.95. The lowest BCUT2D eigenvalue weighted by Gasteiger charge is -2.16. The van der Waals surface area contributed by atoms with Crippen LogP contribution in [0.1, 0.15) is 25.3 Å². The molecule has 21 heavy (non-hydrogen) atoms. The van der Waals surface area contributed by atoms with Gasteiger partial charge >= 0.3 is 0 Å². The summed E-state index contributed by atoms with van der Waals surface area (Å²) in [6.45, 7) is 4.88. The molecule has 0 saturated carbocycles. The molecule has 0 unspecified atom stereocenters. The summed E-state index contributed by atoms with van der Waals surface area (Å²) in [4.78, 5) is 25.3. The van der Waals surface area contributed by atoms with Crippen LogP contribution in [0, 0.1) is 6.92 Å². The van der Waals surface area contributed by atoms with E-state index in [1.807, 2.05) is 38.2 Å². The lowest BCUT2D eigenvalue weighted by atomic mass is 10.2. The number of amides is 2. The quantitative estimate of drug-likeness (QED) is 0.803. The van der Waals surface area contributed by atoms with E-state index in [0.717, 1.165) is 30.6 Å². The molecule has 0 aliphatic heterocycles. The van der Waals surface area contributed by atoms with E-state index < -0.39 is 0 Å². The van der Waals surface area contributed by atoms with E-state index in [1.165, 1.54) is 11.8 Å². The molecule has 2 amide bonds. The zero-order chi connectivity index (χ0) is 15.7. The lowest BCUT2D eigenvalue weighted by Crippen LogP contribution is -2.29. The predicted octanol–water partition coefficient (Wildman–Crippen LogP) is 2.93. The molecule has 5 heteroatoms. The number of carbonyl (C=O) groups excluding carboxylic acids is 2. The molecule has 1 N–H and O–H groups in total. The summed E-state index contributed by atoms with van der Waals surface area (Å²) < 4.78 is 0.